The van der Waals surface area contributed by atoms with Gasteiger partial charge in [0.05, 0.1) is 18.2 Å². The Labute approximate surface area is 165 Å². The summed E-state index contributed by atoms with van der Waals surface area (Å²) < 4.78 is 10.3. The number of rotatable bonds is 4. The minimum Gasteiger partial charge on any atom is -0.507 e. The van der Waals surface area contributed by atoms with E-state index in [1.54, 1.807) is 18.2 Å². The van der Waals surface area contributed by atoms with Crippen molar-refractivity contribution in [2.75, 3.05) is 12.4 Å². The minimum absolute atomic E-state index is 0.0167. The van der Waals surface area contributed by atoms with Gasteiger partial charge in [0.15, 0.2) is 5.58 Å². The van der Waals surface area contributed by atoms with Crippen LogP contribution in [0.5, 0.6) is 5.75 Å². The number of methoxy groups -OCH3 is 1. The van der Waals surface area contributed by atoms with Crippen molar-refractivity contribution < 1.29 is 23.8 Å². The molecule has 0 aliphatic heterocycles. The monoisotopic (exact) mass is 388 g/mol. The van der Waals surface area contributed by atoms with Gasteiger partial charge in [-0.05, 0) is 54.6 Å². The van der Waals surface area contributed by atoms with E-state index in [1.807, 2.05) is 18.2 Å². The highest BCUT2D eigenvalue weighted by Crippen LogP contribution is 2.33. The second-order valence-electron chi connectivity index (χ2n) is 6.24. The lowest BCUT2D eigenvalue weighted by atomic mass is 10.1. The van der Waals surface area contributed by atoms with Crippen molar-refractivity contribution in [2.24, 2.45) is 0 Å². The number of nitrogens with zero attached hydrogens (tertiary/aromatic N) is 1. The molecule has 0 atom stereocenters. The predicted octanol–water partition coefficient (Wildman–Crippen LogP) is 4.24. The fourth-order valence-corrected chi connectivity index (χ4v) is 2.85. The van der Waals surface area contributed by atoms with Gasteiger partial charge in [0, 0.05) is 11.3 Å². The number of ether oxygens (including phenoxy) is 1. The van der Waals surface area contributed by atoms with Crippen molar-refractivity contribution >= 4 is 28.7 Å². The van der Waals surface area contributed by atoms with E-state index in [-0.39, 0.29) is 17.5 Å². The minimum atomic E-state index is -0.474. The second-order valence-corrected chi connectivity index (χ2v) is 6.24. The molecule has 0 saturated carbocycles. The molecule has 0 fully saturated rings. The average molecular weight is 388 g/mol. The number of carbonyl (C=O) groups is 2. The molecule has 29 heavy (non-hydrogen) atoms. The number of aromatic nitrogens is 1. The molecule has 0 bridgehead atoms. The van der Waals surface area contributed by atoms with Gasteiger partial charge in [0.25, 0.3) is 5.91 Å². The number of esters is 1. The molecule has 0 radical (unpaired) electrons. The summed E-state index contributed by atoms with van der Waals surface area (Å²) in [7, 11) is 1.29. The molecule has 0 saturated heterocycles. The number of aromatic hydroxyl groups is 1. The Hall–Kier alpha value is -4.13. The quantitative estimate of drug-likeness (QED) is 0.400. The first kappa shape index (κ1) is 18.2. The van der Waals surface area contributed by atoms with Gasteiger partial charge in [-0.2, -0.15) is 0 Å². The Balaban J connectivity index is 1.58. The van der Waals surface area contributed by atoms with Gasteiger partial charge in [-0.15, -0.1) is 0 Å². The number of phenols is 1. The molecule has 144 valence electrons. The van der Waals surface area contributed by atoms with E-state index in [9.17, 15) is 14.7 Å². The lowest BCUT2D eigenvalue weighted by Crippen LogP contribution is -2.12. The lowest BCUT2D eigenvalue weighted by molar-refractivity contribution is 0.0600. The van der Waals surface area contributed by atoms with Crippen LogP contribution < -0.4 is 5.32 Å². The number of para-hydroxylation sites is 2. The molecule has 7 heteroatoms. The van der Waals surface area contributed by atoms with Crippen LogP contribution in [0.25, 0.3) is 22.6 Å². The highest BCUT2D eigenvalue weighted by molar-refractivity contribution is 6.05. The number of hydrogen-bond donors (Lipinski definition) is 2. The number of anilines is 1. The number of phenolic OH excluding ortho intramolecular Hbond substituents is 1. The number of oxazole rings is 1. The number of amides is 1. The van der Waals surface area contributed by atoms with E-state index in [2.05, 4.69) is 15.0 Å². The number of hydrogen-bond acceptors (Lipinski definition) is 6. The van der Waals surface area contributed by atoms with E-state index in [0.717, 1.165) is 0 Å². The molecule has 1 aromatic heterocycles. The molecule has 0 aliphatic carbocycles. The Kier molecular flexibility index (Phi) is 4.70. The van der Waals surface area contributed by atoms with Crippen LogP contribution in [0.15, 0.2) is 71.1 Å². The van der Waals surface area contributed by atoms with Crippen LogP contribution >= 0.6 is 0 Å². The summed E-state index contributed by atoms with van der Waals surface area (Å²) >= 11 is 0. The summed E-state index contributed by atoms with van der Waals surface area (Å²) in [5, 5.41) is 13.0. The van der Waals surface area contributed by atoms with E-state index < -0.39 is 5.97 Å². The zero-order valence-corrected chi connectivity index (χ0v) is 15.4. The lowest BCUT2D eigenvalue weighted by Gasteiger charge is -2.08. The zero-order chi connectivity index (χ0) is 20.4. The molecular weight excluding hydrogens is 372 g/mol. The molecule has 2 N–H and O–H groups in total. The summed E-state index contributed by atoms with van der Waals surface area (Å²) in [4.78, 5) is 28.4. The van der Waals surface area contributed by atoms with Gasteiger partial charge in [-0.25, -0.2) is 9.78 Å². The van der Waals surface area contributed by atoms with Gasteiger partial charge in [-0.1, -0.05) is 12.1 Å². The summed E-state index contributed by atoms with van der Waals surface area (Å²) in [5.74, 6) is -0.603. The van der Waals surface area contributed by atoms with E-state index >= 15 is 0 Å². The van der Waals surface area contributed by atoms with Crippen LogP contribution in [0, 0.1) is 0 Å². The summed E-state index contributed by atoms with van der Waals surface area (Å²) in [6.45, 7) is 0. The molecule has 4 aromatic rings. The highest BCUT2D eigenvalue weighted by Gasteiger charge is 2.15. The third-order valence-corrected chi connectivity index (χ3v) is 4.35. The Bertz CT molecular complexity index is 1180. The van der Waals surface area contributed by atoms with Crippen molar-refractivity contribution in [1.29, 1.82) is 0 Å². The average Bonchev–Trinajstić information content (AvgIpc) is 3.18. The van der Waals surface area contributed by atoms with E-state index in [4.69, 9.17) is 4.42 Å². The molecule has 1 heterocycles. The summed E-state index contributed by atoms with van der Waals surface area (Å²) in [6, 6.07) is 18.0. The molecule has 7 nitrogen and oxygen atoms in total. The third-order valence-electron chi connectivity index (χ3n) is 4.35. The Morgan fingerprint density at radius 2 is 1.72 bits per heavy atom. The Morgan fingerprint density at radius 3 is 2.45 bits per heavy atom. The number of nitrogens with one attached hydrogen (secondary N) is 1. The first-order valence-electron chi connectivity index (χ1n) is 8.74. The maximum absolute atomic E-state index is 12.5. The normalized spacial score (nSPS) is 10.7. The molecule has 1 amide bonds. The van der Waals surface area contributed by atoms with Crippen molar-refractivity contribution in [3.63, 3.8) is 0 Å². The maximum atomic E-state index is 12.5. The van der Waals surface area contributed by atoms with Crippen molar-refractivity contribution in [3.8, 4) is 17.2 Å². The third kappa shape index (κ3) is 3.66. The smallest absolute Gasteiger partial charge is 0.337 e. The first-order chi connectivity index (χ1) is 14.0. The maximum Gasteiger partial charge on any atom is 0.337 e. The van der Waals surface area contributed by atoms with Gasteiger partial charge in [0.1, 0.15) is 11.3 Å². The fourth-order valence-electron chi connectivity index (χ4n) is 2.85. The molecule has 0 unspecified atom stereocenters. The van der Waals surface area contributed by atoms with Gasteiger partial charge < -0.3 is 19.6 Å². The van der Waals surface area contributed by atoms with Crippen molar-refractivity contribution in [3.05, 3.63) is 77.9 Å². The molecule has 0 aliphatic rings. The van der Waals surface area contributed by atoms with Crippen LogP contribution in [0.1, 0.15) is 20.7 Å². The van der Waals surface area contributed by atoms with Crippen LogP contribution in [-0.2, 0) is 4.74 Å². The second kappa shape index (κ2) is 7.47. The number of carbonyl (C=O) groups excluding carboxylic acids is 2. The molecule has 0 spiro atoms. The molecular formula is C22H16N2O5. The highest BCUT2D eigenvalue weighted by atomic mass is 16.5. The van der Waals surface area contributed by atoms with Crippen LogP contribution in [0.2, 0.25) is 0 Å². The van der Waals surface area contributed by atoms with Crippen molar-refractivity contribution in [1.82, 2.24) is 4.98 Å². The topological polar surface area (TPSA) is 102 Å². The van der Waals surface area contributed by atoms with Crippen LogP contribution in [0.4, 0.5) is 5.69 Å². The fraction of sp³-hybridized carbons (Fsp3) is 0.0455. The van der Waals surface area contributed by atoms with Gasteiger partial charge >= 0.3 is 5.97 Å². The van der Waals surface area contributed by atoms with Crippen LogP contribution in [-0.4, -0.2) is 29.1 Å². The van der Waals surface area contributed by atoms with Gasteiger partial charge in [0.2, 0.25) is 5.89 Å². The molecule has 3 aromatic carbocycles. The Morgan fingerprint density at radius 1 is 1.00 bits per heavy atom. The largest absolute Gasteiger partial charge is 0.507 e. The SMILES string of the molecule is COC(=O)c1ccc(C(=O)Nc2ccc(O)c(-c3nc4ccccc4o3)c2)cc1. The van der Waals surface area contributed by atoms with Crippen molar-refractivity contribution in [2.45, 2.75) is 0 Å². The summed E-state index contributed by atoms with van der Waals surface area (Å²) in [6.07, 6.45) is 0. The number of benzene rings is 3. The van der Waals surface area contributed by atoms with Crippen LogP contribution in [0.3, 0.4) is 0 Å². The standard InChI is InChI=1S/C22H16N2O5/c1-28-22(27)14-8-6-13(7-9-14)20(26)23-15-10-11-18(25)16(12-15)21-24-17-4-2-3-5-19(17)29-21/h2-12,25H,1H3,(H,23,26). The van der Waals surface area contributed by atoms with Gasteiger partial charge in [-0.3, -0.25) is 4.79 Å². The molecule has 4 rings (SSSR count). The number of fused-ring (bicyclic) bond motifs is 1. The first-order valence-corrected chi connectivity index (χ1v) is 8.74. The van der Waals surface area contributed by atoms with E-state index in [0.29, 0.717) is 33.5 Å². The predicted molar refractivity (Wildman–Crippen MR) is 107 cm³/mol. The summed E-state index contributed by atoms with van der Waals surface area (Å²) in [5.41, 5.74) is 2.81. The van der Waals surface area contributed by atoms with E-state index in [1.165, 1.54) is 37.4 Å². The zero-order valence-electron chi connectivity index (χ0n) is 15.4.